The predicted octanol–water partition coefficient (Wildman–Crippen LogP) is 0.181. The minimum Gasteiger partial charge on any atom is -0.368 e. The van der Waals surface area contributed by atoms with Gasteiger partial charge in [0.2, 0.25) is 17.7 Å². The number of amides is 3. The van der Waals surface area contributed by atoms with Crippen molar-refractivity contribution < 1.29 is 14.4 Å². The molecule has 6 N–H and O–H groups in total. The molecular weight excluding hydrogens is 328 g/mol. The minimum atomic E-state index is -0.803. The van der Waals surface area contributed by atoms with Crippen molar-refractivity contribution >= 4 is 30.4 Å². The first-order chi connectivity index (χ1) is 11.1. The number of carbonyl (C=O) groups is 3. The van der Waals surface area contributed by atoms with Gasteiger partial charge >= 0.3 is 0 Å². The SMILES string of the molecule is CC[C@H](C)[C@H](NC(=O)[C@@H](N)CC(C)C)C(=O)N[C@@H](CCS)C(N)=O. The molecule has 4 atom stereocenters. The number of nitrogens with two attached hydrogens (primary N) is 2. The number of primary amides is 1. The first-order valence-electron chi connectivity index (χ1n) is 8.40. The van der Waals surface area contributed by atoms with Crippen molar-refractivity contribution in [3.63, 3.8) is 0 Å². The van der Waals surface area contributed by atoms with Gasteiger partial charge in [-0.3, -0.25) is 14.4 Å². The van der Waals surface area contributed by atoms with Crippen molar-refractivity contribution in [3.8, 4) is 0 Å². The number of nitrogens with one attached hydrogen (secondary N) is 2. The zero-order chi connectivity index (χ0) is 18.9. The molecule has 0 bridgehead atoms. The van der Waals surface area contributed by atoms with Gasteiger partial charge in [0.25, 0.3) is 0 Å². The van der Waals surface area contributed by atoms with Gasteiger partial charge in [-0.05, 0) is 30.4 Å². The van der Waals surface area contributed by atoms with Crippen molar-refractivity contribution in [1.82, 2.24) is 10.6 Å². The third kappa shape index (κ3) is 8.01. The Morgan fingerprint density at radius 1 is 1.08 bits per heavy atom. The molecule has 8 heteroatoms. The van der Waals surface area contributed by atoms with Crippen molar-refractivity contribution in [2.75, 3.05) is 5.75 Å². The van der Waals surface area contributed by atoms with E-state index in [0.29, 0.717) is 25.0 Å². The molecule has 0 radical (unpaired) electrons. The van der Waals surface area contributed by atoms with Crippen LogP contribution in [-0.4, -0.2) is 41.6 Å². The highest BCUT2D eigenvalue weighted by atomic mass is 32.1. The van der Waals surface area contributed by atoms with Crippen molar-refractivity contribution in [2.24, 2.45) is 23.3 Å². The van der Waals surface area contributed by atoms with Crippen LogP contribution >= 0.6 is 12.6 Å². The lowest BCUT2D eigenvalue weighted by molar-refractivity contribution is -0.133. The summed E-state index contributed by atoms with van der Waals surface area (Å²) < 4.78 is 0. The summed E-state index contributed by atoms with van der Waals surface area (Å²) in [6.07, 6.45) is 1.55. The van der Waals surface area contributed by atoms with E-state index in [1.165, 1.54) is 0 Å². The van der Waals surface area contributed by atoms with Crippen LogP contribution < -0.4 is 22.1 Å². The van der Waals surface area contributed by atoms with Gasteiger partial charge in [-0.2, -0.15) is 12.6 Å². The van der Waals surface area contributed by atoms with E-state index in [1.54, 1.807) is 0 Å². The van der Waals surface area contributed by atoms with E-state index in [4.69, 9.17) is 11.5 Å². The number of thiol groups is 1. The van der Waals surface area contributed by atoms with Gasteiger partial charge < -0.3 is 22.1 Å². The number of hydrogen-bond acceptors (Lipinski definition) is 5. The molecule has 3 amide bonds. The first kappa shape index (κ1) is 22.7. The fourth-order valence-corrected chi connectivity index (χ4v) is 2.51. The molecule has 0 rings (SSSR count). The first-order valence-corrected chi connectivity index (χ1v) is 9.03. The molecule has 0 spiro atoms. The quantitative estimate of drug-likeness (QED) is 0.337. The van der Waals surface area contributed by atoms with E-state index in [2.05, 4.69) is 23.3 Å². The Kier molecular flexibility index (Phi) is 10.7. The fourth-order valence-electron chi connectivity index (χ4n) is 2.25. The summed E-state index contributed by atoms with van der Waals surface area (Å²) in [4.78, 5) is 36.2. The molecule has 0 aliphatic heterocycles. The van der Waals surface area contributed by atoms with Crippen LogP contribution in [-0.2, 0) is 14.4 Å². The topological polar surface area (TPSA) is 127 Å². The standard InChI is InChI=1S/C16H32N4O3S/c1-5-10(4)13(20-15(22)11(17)8-9(2)3)16(23)19-12(6-7-24)14(18)21/h9-13,24H,5-8,17H2,1-4H3,(H2,18,21)(H,19,23)(H,20,22)/t10-,11-,12-,13-/m0/s1. The van der Waals surface area contributed by atoms with Gasteiger partial charge in [0.1, 0.15) is 12.1 Å². The molecule has 0 unspecified atom stereocenters. The molecule has 0 saturated carbocycles. The van der Waals surface area contributed by atoms with Crippen LogP contribution in [0.25, 0.3) is 0 Å². The third-order valence-electron chi connectivity index (χ3n) is 3.93. The molecule has 140 valence electrons. The van der Waals surface area contributed by atoms with E-state index in [9.17, 15) is 14.4 Å². The summed E-state index contributed by atoms with van der Waals surface area (Å²) in [6, 6.07) is -2.24. The smallest absolute Gasteiger partial charge is 0.243 e. The number of rotatable bonds is 11. The average Bonchev–Trinajstić information content (AvgIpc) is 2.50. The van der Waals surface area contributed by atoms with Crippen LogP contribution in [0.3, 0.4) is 0 Å². The Morgan fingerprint density at radius 2 is 1.67 bits per heavy atom. The van der Waals surface area contributed by atoms with Crippen LogP contribution in [0, 0.1) is 11.8 Å². The van der Waals surface area contributed by atoms with Crippen LogP contribution in [0.5, 0.6) is 0 Å². The van der Waals surface area contributed by atoms with Gasteiger partial charge in [-0.15, -0.1) is 0 Å². The van der Waals surface area contributed by atoms with Gasteiger partial charge in [-0.1, -0.05) is 34.1 Å². The van der Waals surface area contributed by atoms with E-state index in [1.807, 2.05) is 27.7 Å². The van der Waals surface area contributed by atoms with Gasteiger partial charge in [0, 0.05) is 0 Å². The monoisotopic (exact) mass is 360 g/mol. The van der Waals surface area contributed by atoms with Gasteiger partial charge in [0.05, 0.1) is 6.04 Å². The maximum Gasteiger partial charge on any atom is 0.243 e. The van der Waals surface area contributed by atoms with Crippen LogP contribution in [0.15, 0.2) is 0 Å². The lowest BCUT2D eigenvalue weighted by atomic mass is 9.96. The Labute approximate surface area is 150 Å². The second-order valence-electron chi connectivity index (χ2n) is 6.58. The molecule has 0 aliphatic rings. The summed E-state index contributed by atoms with van der Waals surface area (Å²) in [5, 5.41) is 5.31. The summed E-state index contributed by atoms with van der Waals surface area (Å²) in [7, 11) is 0. The zero-order valence-electron chi connectivity index (χ0n) is 15.0. The van der Waals surface area contributed by atoms with Crippen molar-refractivity contribution in [2.45, 2.75) is 65.1 Å². The molecule has 24 heavy (non-hydrogen) atoms. The molecule has 0 aromatic carbocycles. The molecule has 0 aromatic heterocycles. The van der Waals surface area contributed by atoms with Crippen molar-refractivity contribution in [3.05, 3.63) is 0 Å². The molecule has 0 heterocycles. The molecule has 0 fully saturated rings. The molecule has 0 aromatic rings. The largest absolute Gasteiger partial charge is 0.368 e. The Balaban J connectivity index is 5.02. The van der Waals surface area contributed by atoms with E-state index in [-0.39, 0.29) is 17.7 Å². The average molecular weight is 361 g/mol. The highest BCUT2D eigenvalue weighted by Gasteiger charge is 2.30. The van der Waals surface area contributed by atoms with Crippen LogP contribution in [0.2, 0.25) is 0 Å². The Hall–Kier alpha value is -1.28. The Morgan fingerprint density at radius 3 is 2.08 bits per heavy atom. The number of carbonyl (C=O) groups excluding carboxylic acids is 3. The summed E-state index contributed by atoms with van der Waals surface area (Å²) in [5.74, 6) is -0.842. The highest BCUT2D eigenvalue weighted by molar-refractivity contribution is 7.80. The number of hydrogen-bond donors (Lipinski definition) is 5. The van der Waals surface area contributed by atoms with E-state index in [0.717, 1.165) is 0 Å². The molecule has 0 saturated heterocycles. The summed E-state index contributed by atoms with van der Waals surface area (Å²) >= 11 is 4.06. The zero-order valence-corrected chi connectivity index (χ0v) is 15.9. The van der Waals surface area contributed by atoms with Gasteiger partial charge in [0.15, 0.2) is 0 Å². The lowest BCUT2D eigenvalue weighted by Crippen LogP contribution is -2.57. The Bertz CT molecular complexity index is 432. The maximum absolute atomic E-state index is 12.5. The van der Waals surface area contributed by atoms with E-state index < -0.39 is 29.9 Å². The van der Waals surface area contributed by atoms with Crippen molar-refractivity contribution in [1.29, 1.82) is 0 Å². The minimum absolute atomic E-state index is 0.107. The predicted molar refractivity (Wildman–Crippen MR) is 98.4 cm³/mol. The molecule has 7 nitrogen and oxygen atoms in total. The molecular formula is C16H32N4O3S. The summed E-state index contributed by atoms with van der Waals surface area (Å²) in [6.45, 7) is 7.72. The summed E-state index contributed by atoms with van der Waals surface area (Å²) in [5.41, 5.74) is 11.2. The second-order valence-corrected chi connectivity index (χ2v) is 7.03. The normalized spacial score (nSPS) is 16.1. The van der Waals surface area contributed by atoms with E-state index >= 15 is 0 Å². The third-order valence-corrected chi connectivity index (χ3v) is 4.19. The second kappa shape index (κ2) is 11.3. The van der Waals surface area contributed by atoms with Gasteiger partial charge in [-0.25, -0.2) is 0 Å². The maximum atomic E-state index is 12.5. The van der Waals surface area contributed by atoms with Crippen LogP contribution in [0.4, 0.5) is 0 Å². The lowest BCUT2D eigenvalue weighted by Gasteiger charge is -2.27. The van der Waals surface area contributed by atoms with Crippen LogP contribution in [0.1, 0.15) is 47.0 Å². The highest BCUT2D eigenvalue weighted by Crippen LogP contribution is 2.10. The molecule has 0 aliphatic carbocycles. The fraction of sp³-hybridized carbons (Fsp3) is 0.812.